The Hall–Kier alpha value is -2.86. The van der Waals surface area contributed by atoms with E-state index in [-0.39, 0.29) is 18.8 Å². The number of esters is 1. The smallest absolute Gasteiger partial charge is 0.306 e. The molecule has 0 aliphatic rings. The van der Waals surface area contributed by atoms with Gasteiger partial charge in [-0.1, -0.05) is 11.6 Å². The van der Waals surface area contributed by atoms with Crippen molar-refractivity contribution in [3.05, 3.63) is 59.1 Å². The summed E-state index contributed by atoms with van der Waals surface area (Å²) in [5, 5.41) is 3.17. The Labute approximate surface area is 162 Å². The molecular weight excluding hydrogens is 370 g/mol. The molecule has 0 heterocycles. The molecule has 0 fully saturated rings. The fourth-order valence-corrected chi connectivity index (χ4v) is 2.27. The summed E-state index contributed by atoms with van der Waals surface area (Å²) in [7, 11) is 0. The maximum atomic E-state index is 11.7. The molecule has 0 spiro atoms. The first-order chi connectivity index (χ1) is 12.9. The number of ketones is 1. The SMILES string of the molecule is CC(=O)c1ccc(OCCCC(=O)OCC(=O)Nc2ccc(Cl)cc2)cc1. The largest absolute Gasteiger partial charge is 0.494 e. The minimum Gasteiger partial charge on any atom is -0.494 e. The molecule has 6 nitrogen and oxygen atoms in total. The predicted octanol–water partition coefficient (Wildman–Crippen LogP) is 3.88. The third-order valence-corrected chi connectivity index (χ3v) is 3.80. The summed E-state index contributed by atoms with van der Waals surface area (Å²) in [5.74, 6) is -0.288. The second kappa shape index (κ2) is 10.3. The van der Waals surface area contributed by atoms with Gasteiger partial charge in [-0.3, -0.25) is 14.4 Å². The van der Waals surface area contributed by atoms with Gasteiger partial charge in [0.2, 0.25) is 0 Å². The summed E-state index contributed by atoms with van der Waals surface area (Å²) < 4.78 is 10.4. The Bertz CT molecular complexity index is 787. The molecule has 142 valence electrons. The van der Waals surface area contributed by atoms with Gasteiger partial charge in [-0.2, -0.15) is 0 Å². The molecule has 2 aromatic carbocycles. The highest BCUT2D eigenvalue weighted by molar-refractivity contribution is 6.30. The van der Waals surface area contributed by atoms with Gasteiger partial charge in [0, 0.05) is 22.7 Å². The molecule has 1 N–H and O–H groups in total. The lowest BCUT2D eigenvalue weighted by Gasteiger charge is -2.08. The Morgan fingerprint density at radius 3 is 2.30 bits per heavy atom. The van der Waals surface area contributed by atoms with Crippen LogP contribution in [0.3, 0.4) is 0 Å². The number of rotatable bonds is 9. The van der Waals surface area contributed by atoms with E-state index in [2.05, 4.69) is 5.32 Å². The molecule has 0 aliphatic carbocycles. The molecule has 0 aliphatic heterocycles. The standard InChI is InChI=1S/C20H20ClNO5/c1-14(23)15-4-10-18(11-5-15)26-12-2-3-20(25)27-13-19(24)22-17-8-6-16(21)7-9-17/h4-11H,2-3,12-13H2,1H3,(H,22,24). The maximum absolute atomic E-state index is 11.7. The van der Waals surface area contributed by atoms with E-state index in [4.69, 9.17) is 21.1 Å². The predicted molar refractivity (Wildman–Crippen MR) is 102 cm³/mol. The summed E-state index contributed by atoms with van der Waals surface area (Å²) in [5.41, 5.74) is 1.19. The number of Topliss-reactive ketones (excluding diaryl/α,β-unsaturated/α-hetero) is 1. The lowest BCUT2D eigenvalue weighted by atomic mass is 10.1. The van der Waals surface area contributed by atoms with Gasteiger partial charge in [0.25, 0.3) is 5.91 Å². The molecule has 0 saturated heterocycles. The van der Waals surface area contributed by atoms with Crippen molar-refractivity contribution < 1.29 is 23.9 Å². The number of carbonyl (C=O) groups excluding carboxylic acids is 3. The molecule has 1 amide bonds. The van der Waals surface area contributed by atoms with Gasteiger partial charge in [0.1, 0.15) is 5.75 Å². The van der Waals surface area contributed by atoms with Crippen LogP contribution >= 0.6 is 11.6 Å². The zero-order valence-electron chi connectivity index (χ0n) is 14.9. The average Bonchev–Trinajstić information content (AvgIpc) is 2.66. The van der Waals surface area contributed by atoms with Gasteiger partial charge in [-0.05, 0) is 61.9 Å². The van der Waals surface area contributed by atoms with Crippen LogP contribution in [0, 0.1) is 0 Å². The van der Waals surface area contributed by atoms with Crippen molar-refractivity contribution in [1.82, 2.24) is 0 Å². The third-order valence-electron chi connectivity index (χ3n) is 3.55. The van der Waals surface area contributed by atoms with Crippen LogP contribution < -0.4 is 10.1 Å². The summed E-state index contributed by atoms with van der Waals surface area (Å²) >= 11 is 5.76. The highest BCUT2D eigenvalue weighted by atomic mass is 35.5. The quantitative estimate of drug-likeness (QED) is 0.400. The minimum atomic E-state index is -0.475. The molecule has 2 rings (SSSR count). The lowest BCUT2D eigenvalue weighted by Crippen LogP contribution is -2.21. The van der Waals surface area contributed by atoms with Crippen molar-refractivity contribution in [3.63, 3.8) is 0 Å². The van der Waals surface area contributed by atoms with Crippen molar-refractivity contribution in [3.8, 4) is 5.75 Å². The van der Waals surface area contributed by atoms with Crippen molar-refractivity contribution in [2.45, 2.75) is 19.8 Å². The fraction of sp³-hybridized carbons (Fsp3) is 0.250. The highest BCUT2D eigenvalue weighted by Crippen LogP contribution is 2.14. The zero-order chi connectivity index (χ0) is 19.6. The number of anilines is 1. The second-order valence-corrected chi connectivity index (χ2v) is 6.18. The van der Waals surface area contributed by atoms with Crippen molar-refractivity contribution in [2.75, 3.05) is 18.5 Å². The van der Waals surface area contributed by atoms with Crippen LogP contribution in [0.1, 0.15) is 30.1 Å². The zero-order valence-corrected chi connectivity index (χ0v) is 15.6. The van der Waals surface area contributed by atoms with E-state index in [1.165, 1.54) is 6.92 Å². The minimum absolute atomic E-state index is 0.00982. The van der Waals surface area contributed by atoms with Gasteiger partial charge in [-0.15, -0.1) is 0 Å². The Balaban J connectivity index is 1.61. The van der Waals surface area contributed by atoms with Gasteiger partial charge < -0.3 is 14.8 Å². The highest BCUT2D eigenvalue weighted by Gasteiger charge is 2.08. The monoisotopic (exact) mass is 389 g/mol. The normalized spacial score (nSPS) is 10.1. The van der Waals surface area contributed by atoms with Crippen molar-refractivity contribution in [1.29, 1.82) is 0 Å². The van der Waals surface area contributed by atoms with E-state index in [1.54, 1.807) is 48.5 Å². The van der Waals surface area contributed by atoms with Gasteiger partial charge in [0.05, 0.1) is 6.61 Å². The first-order valence-corrected chi connectivity index (χ1v) is 8.76. The van der Waals surface area contributed by atoms with E-state index in [0.29, 0.717) is 35.1 Å². The molecule has 0 bridgehead atoms. The number of hydrogen-bond acceptors (Lipinski definition) is 5. The molecule has 0 atom stereocenters. The van der Waals surface area contributed by atoms with Crippen LogP contribution in [0.15, 0.2) is 48.5 Å². The lowest BCUT2D eigenvalue weighted by molar-refractivity contribution is -0.147. The van der Waals surface area contributed by atoms with Gasteiger partial charge in [-0.25, -0.2) is 0 Å². The number of hydrogen-bond donors (Lipinski definition) is 1. The molecule has 0 aromatic heterocycles. The van der Waals surface area contributed by atoms with Gasteiger partial charge in [0.15, 0.2) is 12.4 Å². The Kier molecular flexibility index (Phi) is 7.82. The van der Waals surface area contributed by atoms with E-state index in [9.17, 15) is 14.4 Å². The first kappa shape index (κ1) is 20.5. The van der Waals surface area contributed by atoms with Crippen molar-refractivity contribution in [2.24, 2.45) is 0 Å². The molecule has 2 aromatic rings. The number of ether oxygens (including phenoxy) is 2. The first-order valence-electron chi connectivity index (χ1n) is 8.39. The molecule has 0 radical (unpaired) electrons. The molecule has 7 heteroatoms. The topological polar surface area (TPSA) is 81.7 Å². The third kappa shape index (κ3) is 7.50. The average molecular weight is 390 g/mol. The second-order valence-electron chi connectivity index (χ2n) is 5.75. The molecule has 0 saturated carbocycles. The Morgan fingerprint density at radius 2 is 1.67 bits per heavy atom. The Morgan fingerprint density at radius 1 is 1.00 bits per heavy atom. The van der Waals surface area contributed by atoms with E-state index in [0.717, 1.165) is 0 Å². The van der Waals surface area contributed by atoms with E-state index >= 15 is 0 Å². The maximum Gasteiger partial charge on any atom is 0.306 e. The molecule has 0 unspecified atom stereocenters. The van der Waals surface area contributed by atoms with Crippen molar-refractivity contribution >= 4 is 34.9 Å². The van der Waals surface area contributed by atoms with Crippen LogP contribution in [-0.4, -0.2) is 30.9 Å². The molecule has 27 heavy (non-hydrogen) atoms. The van der Waals surface area contributed by atoms with Crippen LogP contribution in [0.25, 0.3) is 0 Å². The summed E-state index contributed by atoms with van der Waals surface area (Å²) in [6, 6.07) is 13.4. The van der Waals surface area contributed by atoms with Gasteiger partial charge >= 0.3 is 5.97 Å². The van der Waals surface area contributed by atoms with Crippen LogP contribution in [0.2, 0.25) is 5.02 Å². The summed E-state index contributed by atoms with van der Waals surface area (Å²) in [4.78, 5) is 34.6. The number of carbonyl (C=O) groups is 3. The van der Waals surface area contributed by atoms with E-state index < -0.39 is 11.9 Å². The van der Waals surface area contributed by atoms with Crippen LogP contribution in [0.4, 0.5) is 5.69 Å². The fourth-order valence-electron chi connectivity index (χ4n) is 2.14. The summed E-state index contributed by atoms with van der Waals surface area (Å²) in [6.45, 7) is 1.47. The van der Waals surface area contributed by atoms with Crippen LogP contribution in [-0.2, 0) is 14.3 Å². The number of halogens is 1. The number of nitrogens with one attached hydrogen (secondary N) is 1. The summed E-state index contributed by atoms with van der Waals surface area (Å²) in [6.07, 6.45) is 0.589. The van der Waals surface area contributed by atoms with Crippen LogP contribution in [0.5, 0.6) is 5.75 Å². The molecular formula is C20H20ClNO5. The van der Waals surface area contributed by atoms with E-state index in [1.807, 2.05) is 0 Å². The number of amides is 1. The number of benzene rings is 2.